The number of aryl methyl sites for hydroxylation is 1. The summed E-state index contributed by atoms with van der Waals surface area (Å²) < 4.78 is 34.9. The molecule has 0 fully saturated rings. The van der Waals surface area contributed by atoms with Gasteiger partial charge in [0.25, 0.3) is 10.0 Å². The number of fused-ring (bicyclic) bond motifs is 1. The van der Waals surface area contributed by atoms with Gasteiger partial charge in [-0.3, -0.25) is 9.79 Å². The van der Waals surface area contributed by atoms with Gasteiger partial charge in [-0.1, -0.05) is 17.7 Å². The molecule has 36 heavy (non-hydrogen) atoms. The molecule has 11 heteroatoms. The molecule has 192 valence electrons. The van der Waals surface area contributed by atoms with Crippen LogP contribution in [0.2, 0.25) is 5.15 Å². The SMILES string of the molecule is CN=C/C(=C\N)c1cc(=O)c2cc(C)cc([C@@H](C)Nc3ccc(Cl)nc3S(=O)(=O)NC(C)(C)C)c2o1. The van der Waals surface area contributed by atoms with E-state index in [0.29, 0.717) is 22.1 Å². The Kier molecular flexibility index (Phi) is 7.92. The van der Waals surface area contributed by atoms with Gasteiger partial charge < -0.3 is 15.5 Å². The highest BCUT2D eigenvalue weighted by atomic mass is 35.5. The normalized spacial score (nSPS) is 13.9. The number of hydrogen-bond donors (Lipinski definition) is 3. The quantitative estimate of drug-likeness (QED) is 0.303. The summed E-state index contributed by atoms with van der Waals surface area (Å²) in [6, 6.07) is 7.56. The number of hydrogen-bond acceptors (Lipinski definition) is 8. The average Bonchev–Trinajstić information content (AvgIpc) is 2.76. The molecular formula is C25H30ClN5O4S. The Morgan fingerprint density at radius 3 is 2.56 bits per heavy atom. The summed E-state index contributed by atoms with van der Waals surface area (Å²) in [7, 11) is -2.41. The highest BCUT2D eigenvalue weighted by Crippen LogP contribution is 2.31. The molecule has 2 heterocycles. The van der Waals surface area contributed by atoms with Crippen molar-refractivity contribution in [1.82, 2.24) is 9.71 Å². The Hall–Kier alpha value is -3.21. The number of sulfonamides is 1. The van der Waals surface area contributed by atoms with Crippen LogP contribution < -0.4 is 21.2 Å². The highest BCUT2D eigenvalue weighted by molar-refractivity contribution is 7.89. The zero-order valence-corrected chi connectivity index (χ0v) is 22.6. The minimum Gasteiger partial charge on any atom is -0.455 e. The van der Waals surface area contributed by atoms with E-state index in [9.17, 15) is 13.2 Å². The Labute approximate surface area is 215 Å². The van der Waals surface area contributed by atoms with Crippen molar-refractivity contribution in [1.29, 1.82) is 0 Å². The van der Waals surface area contributed by atoms with E-state index >= 15 is 0 Å². The molecule has 0 aliphatic rings. The topological polar surface area (TPSA) is 140 Å². The molecule has 0 amide bonds. The van der Waals surface area contributed by atoms with Crippen LogP contribution in [0.15, 0.2) is 55.8 Å². The Balaban J connectivity index is 2.16. The molecule has 2 aromatic heterocycles. The van der Waals surface area contributed by atoms with Gasteiger partial charge in [-0.25, -0.2) is 18.1 Å². The first-order valence-corrected chi connectivity index (χ1v) is 13.0. The lowest BCUT2D eigenvalue weighted by atomic mass is 10.0. The molecule has 0 spiro atoms. The zero-order chi connectivity index (χ0) is 26.8. The predicted octanol–water partition coefficient (Wildman–Crippen LogP) is 4.40. The van der Waals surface area contributed by atoms with Crippen molar-refractivity contribution < 1.29 is 12.8 Å². The predicted molar refractivity (Wildman–Crippen MR) is 145 cm³/mol. The van der Waals surface area contributed by atoms with Gasteiger partial charge in [0.15, 0.2) is 10.5 Å². The number of pyridine rings is 1. The third-order valence-corrected chi connectivity index (χ3v) is 7.01. The highest BCUT2D eigenvalue weighted by Gasteiger charge is 2.27. The van der Waals surface area contributed by atoms with E-state index in [-0.39, 0.29) is 27.1 Å². The van der Waals surface area contributed by atoms with Crippen molar-refractivity contribution in [3.8, 4) is 0 Å². The standard InChI is InChI=1S/C25H30ClN5O4S/c1-14-9-17(23-18(10-14)20(32)11-21(35-23)16(12-27)13-28-6)15(2)29-19-7-8-22(26)30-24(19)36(33,34)31-25(3,4)5/h7-13,15,29,31H,27H2,1-6H3/b16-12+,28-13?/t15-/m1/s1. The third kappa shape index (κ3) is 6.13. The van der Waals surface area contributed by atoms with E-state index in [1.807, 2.05) is 19.9 Å². The Morgan fingerprint density at radius 1 is 1.25 bits per heavy atom. The number of nitrogens with zero attached hydrogens (tertiary/aromatic N) is 2. The molecule has 1 atom stereocenters. The number of aromatic nitrogens is 1. The van der Waals surface area contributed by atoms with Crippen molar-refractivity contribution in [3.63, 3.8) is 0 Å². The fraction of sp³-hybridized carbons (Fsp3) is 0.320. The molecular weight excluding hydrogens is 502 g/mol. The fourth-order valence-corrected chi connectivity index (χ4v) is 5.46. The third-order valence-electron chi connectivity index (χ3n) is 5.09. The average molecular weight is 532 g/mol. The molecule has 0 saturated carbocycles. The molecule has 1 aromatic carbocycles. The molecule has 3 rings (SSSR count). The monoisotopic (exact) mass is 531 g/mol. The molecule has 0 aliphatic heterocycles. The van der Waals surface area contributed by atoms with E-state index in [4.69, 9.17) is 21.8 Å². The van der Waals surface area contributed by atoms with E-state index in [1.54, 1.807) is 40.0 Å². The van der Waals surface area contributed by atoms with E-state index in [0.717, 1.165) is 5.56 Å². The fourth-order valence-electron chi connectivity index (χ4n) is 3.72. The van der Waals surface area contributed by atoms with E-state index in [1.165, 1.54) is 24.5 Å². The molecule has 0 radical (unpaired) electrons. The summed E-state index contributed by atoms with van der Waals surface area (Å²) in [6.45, 7) is 8.89. The first-order valence-electron chi connectivity index (χ1n) is 11.2. The second kappa shape index (κ2) is 10.4. The number of benzene rings is 1. The largest absolute Gasteiger partial charge is 0.455 e. The van der Waals surface area contributed by atoms with E-state index < -0.39 is 21.6 Å². The van der Waals surface area contributed by atoms with Gasteiger partial charge in [-0.2, -0.15) is 0 Å². The van der Waals surface area contributed by atoms with Crippen LogP contribution in [0.25, 0.3) is 16.5 Å². The van der Waals surface area contributed by atoms with Gasteiger partial charge in [0, 0.05) is 36.6 Å². The molecule has 3 aromatic rings. The summed E-state index contributed by atoms with van der Waals surface area (Å²) in [6.07, 6.45) is 2.81. The van der Waals surface area contributed by atoms with Crippen LogP contribution in [0.1, 0.15) is 50.6 Å². The van der Waals surface area contributed by atoms with E-state index in [2.05, 4.69) is 20.0 Å². The minimum absolute atomic E-state index is 0.0396. The number of allylic oxidation sites excluding steroid dienone is 1. The van der Waals surface area contributed by atoms with Gasteiger partial charge in [-0.05, 0) is 58.4 Å². The van der Waals surface area contributed by atoms with Crippen LogP contribution in [0.3, 0.4) is 0 Å². The maximum absolute atomic E-state index is 13.1. The van der Waals surface area contributed by atoms with Crippen molar-refractivity contribution in [3.05, 3.63) is 68.8 Å². The van der Waals surface area contributed by atoms with Crippen LogP contribution in [0.4, 0.5) is 5.69 Å². The second-order valence-electron chi connectivity index (χ2n) is 9.42. The second-order valence-corrected chi connectivity index (χ2v) is 11.4. The Bertz CT molecular complexity index is 1520. The lowest BCUT2D eigenvalue weighted by molar-refractivity contribution is 0.490. The first kappa shape index (κ1) is 27.4. The van der Waals surface area contributed by atoms with Crippen molar-refractivity contribution in [2.24, 2.45) is 10.7 Å². The molecule has 0 bridgehead atoms. The first-order chi connectivity index (χ1) is 16.8. The minimum atomic E-state index is -4.00. The summed E-state index contributed by atoms with van der Waals surface area (Å²) >= 11 is 6.04. The van der Waals surface area contributed by atoms with Crippen LogP contribution in [0, 0.1) is 6.92 Å². The summed E-state index contributed by atoms with van der Waals surface area (Å²) in [5.74, 6) is 0.267. The zero-order valence-electron chi connectivity index (χ0n) is 21.0. The Morgan fingerprint density at radius 2 is 1.94 bits per heavy atom. The van der Waals surface area contributed by atoms with Crippen LogP contribution in [-0.2, 0) is 10.0 Å². The van der Waals surface area contributed by atoms with Crippen LogP contribution >= 0.6 is 11.6 Å². The van der Waals surface area contributed by atoms with Gasteiger partial charge in [0.05, 0.1) is 22.7 Å². The maximum Gasteiger partial charge on any atom is 0.260 e. The van der Waals surface area contributed by atoms with Crippen LogP contribution in [-0.4, -0.2) is 32.2 Å². The van der Waals surface area contributed by atoms with Crippen molar-refractivity contribution in [2.75, 3.05) is 12.4 Å². The summed E-state index contributed by atoms with van der Waals surface area (Å²) in [5, 5.41) is 3.40. The van der Waals surface area contributed by atoms with Gasteiger partial charge in [-0.15, -0.1) is 0 Å². The van der Waals surface area contributed by atoms with Gasteiger partial charge >= 0.3 is 0 Å². The van der Waals surface area contributed by atoms with Gasteiger partial charge in [0.2, 0.25) is 0 Å². The maximum atomic E-state index is 13.1. The van der Waals surface area contributed by atoms with Gasteiger partial charge in [0.1, 0.15) is 16.5 Å². The molecule has 4 N–H and O–H groups in total. The summed E-state index contributed by atoms with van der Waals surface area (Å²) in [4.78, 5) is 21.0. The number of nitrogens with two attached hydrogens (primary N) is 1. The number of halogens is 1. The van der Waals surface area contributed by atoms with Crippen LogP contribution in [0.5, 0.6) is 0 Å². The molecule has 9 nitrogen and oxygen atoms in total. The lowest BCUT2D eigenvalue weighted by Crippen LogP contribution is -2.41. The number of anilines is 1. The van der Waals surface area contributed by atoms with Crippen molar-refractivity contribution in [2.45, 2.75) is 51.2 Å². The molecule has 0 saturated heterocycles. The number of rotatable bonds is 7. The molecule has 0 aliphatic carbocycles. The number of aliphatic imine (C=N–C) groups is 1. The van der Waals surface area contributed by atoms with Crippen molar-refractivity contribution >= 4 is 50.1 Å². The number of nitrogens with one attached hydrogen (secondary N) is 2. The smallest absolute Gasteiger partial charge is 0.260 e. The summed E-state index contributed by atoms with van der Waals surface area (Å²) in [5.41, 5.74) is 7.29. The molecule has 0 unspecified atom stereocenters. The lowest BCUT2D eigenvalue weighted by Gasteiger charge is -2.23.